The minimum Gasteiger partial charge on any atom is -0.457 e. The topological polar surface area (TPSA) is 51.9 Å². The Morgan fingerprint density at radius 2 is 2.26 bits per heavy atom. The van der Waals surface area contributed by atoms with Crippen LogP contribution in [0.5, 0.6) is 11.5 Å². The molecule has 1 amide bonds. The minimum absolute atomic E-state index is 0.115. The summed E-state index contributed by atoms with van der Waals surface area (Å²) >= 11 is 0. The molecule has 0 fully saturated rings. The number of hydrogen-bond acceptors (Lipinski definition) is 3. The Bertz CT molecular complexity index is 786. The number of fused-ring (bicyclic) bond motifs is 1. The summed E-state index contributed by atoms with van der Waals surface area (Å²) in [4.78, 5) is 13.9. The highest BCUT2D eigenvalue weighted by molar-refractivity contribution is 6.67. The Kier molecular flexibility index (Phi) is 4.31. The van der Waals surface area contributed by atoms with Crippen molar-refractivity contribution in [2.45, 2.75) is 20.0 Å². The van der Waals surface area contributed by atoms with Crippen molar-refractivity contribution in [3.63, 3.8) is 0 Å². The summed E-state index contributed by atoms with van der Waals surface area (Å²) in [5, 5.41) is 2.61. The van der Waals surface area contributed by atoms with E-state index in [2.05, 4.69) is 10.2 Å². The van der Waals surface area contributed by atoms with Crippen LogP contribution in [-0.4, -0.2) is 13.3 Å². The Morgan fingerprint density at radius 3 is 3.04 bits per heavy atom. The van der Waals surface area contributed by atoms with Gasteiger partial charge in [0, 0.05) is 12.1 Å². The van der Waals surface area contributed by atoms with Crippen LogP contribution < -0.4 is 15.5 Å². The first kappa shape index (κ1) is 15.1. The highest BCUT2D eigenvalue weighted by Gasteiger charge is 2.23. The zero-order valence-corrected chi connectivity index (χ0v) is 12.7. The van der Waals surface area contributed by atoms with E-state index in [1.807, 2.05) is 25.0 Å². The quantitative estimate of drug-likeness (QED) is 0.525. The van der Waals surface area contributed by atoms with E-state index in [1.54, 1.807) is 18.2 Å². The Hall–Kier alpha value is -2.78. The highest BCUT2D eigenvalue weighted by atomic mass is 16.5. The van der Waals surface area contributed by atoms with Gasteiger partial charge < -0.3 is 14.7 Å². The number of nitrogens with zero attached hydrogens (tertiary/aromatic N) is 1. The second kappa shape index (κ2) is 6.55. The Morgan fingerprint density at radius 1 is 1.39 bits per heavy atom. The predicted molar refractivity (Wildman–Crippen MR) is 88.2 cm³/mol. The molecule has 1 N–H and O–H groups in total. The maximum atomic E-state index is 10.5. The van der Waals surface area contributed by atoms with Gasteiger partial charge in [-0.1, -0.05) is 19.0 Å². The van der Waals surface area contributed by atoms with Crippen molar-refractivity contribution < 1.29 is 14.2 Å². The van der Waals surface area contributed by atoms with Crippen molar-refractivity contribution in [2.24, 2.45) is 0 Å². The molecule has 0 saturated carbocycles. The van der Waals surface area contributed by atoms with Gasteiger partial charge in [0.2, 0.25) is 6.41 Å². The number of nitrogens with one attached hydrogen (secondary N) is 1. The molecule has 0 unspecified atom stereocenters. The van der Waals surface area contributed by atoms with Gasteiger partial charge >= 0.3 is 6.92 Å². The summed E-state index contributed by atoms with van der Waals surface area (Å²) in [6.45, 7) is 10.1. The molecule has 1 heterocycles. The lowest BCUT2D eigenvalue weighted by Gasteiger charge is -2.12. The van der Waals surface area contributed by atoms with Gasteiger partial charge in [-0.15, -0.1) is 0 Å². The molecule has 0 atom stereocenters. The molecule has 0 spiro atoms. The number of carbonyl (C=O) groups is 1. The minimum atomic E-state index is 0.115. The van der Waals surface area contributed by atoms with Crippen LogP contribution in [0.25, 0.3) is 4.85 Å². The summed E-state index contributed by atoms with van der Waals surface area (Å²) < 4.78 is 11.6. The lowest BCUT2D eigenvalue weighted by Crippen LogP contribution is -2.23. The van der Waals surface area contributed by atoms with E-state index >= 15 is 0 Å². The fraction of sp³-hybridized carbons (Fsp3) is 0.176. The van der Waals surface area contributed by atoms with Crippen LogP contribution in [0.1, 0.15) is 11.1 Å². The maximum absolute atomic E-state index is 10.5. The van der Waals surface area contributed by atoms with E-state index in [0.717, 1.165) is 11.1 Å². The van der Waals surface area contributed by atoms with Gasteiger partial charge in [-0.05, 0) is 35.3 Å². The Balaban J connectivity index is 1.87. The van der Waals surface area contributed by atoms with Gasteiger partial charge in [0.15, 0.2) is 5.69 Å². The predicted octanol–water partition coefficient (Wildman–Crippen LogP) is 2.63. The lowest BCUT2D eigenvalue weighted by atomic mass is 9.64. The number of rotatable bonds is 5. The summed E-state index contributed by atoms with van der Waals surface area (Å²) in [5.74, 6) is 1.34. The number of amides is 1. The van der Waals surface area contributed by atoms with E-state index in [1.165, 1.54) is 5.46 Å². The fourth-order valence-corrected chi connectivity index (χ4v) is 2.62. The fourth-order valence-electron chi connectivity index (χ4n) is 2.62. The standard InChI is InChI=1S/C17H15BN2O3/c1-18-16-5-4-15(8-13(16)10-22-18)23-17-6-3-14(19-2)7-12(17)9-20-11-21/h3-8,11H,9-10H2,1H3,(H,20,21). The third-order valence-corrected chi connectivity index (χ3v) is 3.82. The maximum Gasteiger partial charge on any atom is 0.324 e. The van der Waals surface area contributed by atoms with Gasteiger partial charge in [-0.25, -0.2) is 4.85 Å². The number of benzene rings is 2. The van der Waals surface area contributed by atoms with Crippen molar-refractivity contribution in [3.8, 4) is 11.5 Å². The van der Waals surface area contributed by atoms with E-state index in [-0.39, 0.29) is 6.92 Å². The van der Waals surface area contributed by atoms with Gasteiger partial charge in [0.1, 0.15) is 11.5 Å². The monoisotopic (exact) mass is 306 g/mol. The third kappa shape index (κ3) is 3.20. The first-order chi connectivity index (χ1) is 11.2. The van der Waals surface area contributed by atoms with Crippen molar-refractivity contribution in [2.75, 3.05) is 0 Å². The zero-order chi connectivity index (χ0) is 16.2. The summed E-state index contributed by atoms with van der Waals surface area (Å²) in [7, 11) is 0. The van der Waals surface area contributed by atoms with Crippen molar-refractivity contribution in [1.82, 2.24) is 5.32 Å². The lowest BCUT2D eigenvalue weighted by molar-refractivity contribution is -0.109. The largest absolute Gasteiger partial charge is 0.457 e. The molecule has 5 nitrogen and oxygen atoms in total. The first-order valence-corrected chi connectivity index (χ1v) is 7.31. The van der Waals surface area contributed by atoms with Crippen molar-refractivity contribution in [3.05, 3.63) is 58.9 Å². The Labute approximate surface area is 135 Å². The van der Waals surface area contributed by atoms with Crippen LogP contribution in [-0.2, 0) is 22.6 Å². The van der Waals surface area contributed by atoms with E-state index < -0.39 is 0 Å². The van der Waals surface area contributed by atoms with Crippen LogP contribution >= 0.6 is 0 Å². The van der Waals surface area contributed by atoms with Gasteiger partial charge in [0.25, 0.3) is 0 Å². The molecule has 2 aromatic rings. The van der Waals surface area contributed by atoms with Gasteiger partial charge in [0.05, 0.1) is 13.2 Å². The second-order valence-electron chi connectivity index (χ2n) is 5.32. The van der Waals surface area contributed by atoms with Crippen molar-refractivity contribution >= 4 is 24.5 Å². The number of ether oxygens (including phenoxy) is 1. The molecule has 1 aliphatic heterocycles. The van der Waals surface area contributed by atoms with E-state index in [4.69, 9.17) is 16.0 Å². The molecule has 114 valence electrons. The number of hydrogen-bond donors (Lipinski definition) is 1. The molecule has 0 aliphatic carbocycles. The van der Waals surface area contributed by atoms with Crippen LogP contribution in [0.3, 0.4) is 0 Å². The summed E-state index contributed by atoms with van der Waals surface area (Å²) in [6.07, 6.45) is 0.627. The van der Waals surface area contributed by atoms with Crippen LogP contribution in [0, 0.1) is 6.57 Å². The van der Waals surface area contributed by atoms with Crippen LogP contribution in [0.2, 0.25) is 6.82 Å². The summed E-state index contributed by atoms with van der Waals surface area (Å²) in [5.41, 5.74) is 3.58. The third-order valence-electron chi connectivity index (χ3n) is 3.82. The molecule has 1 aliphatic rings. The molecule has 3 rings (SSSR count). The molecule has 0 bridgehead atoms. The zero-order valence-electron chi connectivity index (χ0n) is 12.7. The van der Waals surface area contributed by atoms with Gasteiger partial charge in [-0.2, -0.15) is 0 Å². The van der Waals surface area contributed by atoms with Crippen LogP contribution in [0.4, 0.5) is 5.69 Å². The molecule has 2 aromatic carbocycles. The molecule has 0 radical (unpaired) electrons. The molecule has 0 saturated heterocycles. The highest BCUT2D eigenvalue weighted by Crippen LogP contribution is 2.30. The number of carbonyl (C=O) groups excluding carboxylic acids is 1. The van der Waals surface area contributed by atoms with Crippen LogP contribution in [0.15, 0.2) is 36.4 Å². The molecule has 6 heteroatoms. The second-order valence-corrected chi connectivity index (χ2v) is 5.32. The van der Waals surface area contributed by atoms with E-state index in [0.29, 0.717) is 36.7 Å². The normalized spacial score (nSPS) is 12.4. The SMILES string of the molecule is [C-]#[N+]c1ccc(Oc2ccc3c(c2)COB3C)c(CNC=O)c1. The average molecular weight is 306 g/mol. The summed E-state index contributed by atoms with van der Waals surface area (Å²) in [6, 6.07) is 11.1. The van der Waals surface area contributed by atoms with Gasteiger partial charge in [-0.3, -0.25) is 4.79 Å². The average Bonchev–Trinajstić information content (AvgIpc) is 2.94. The molecular formula is C17H15BN2O3. The molecule has 23 heavy (non-hydrogen) atoms. The molecule has 0 aromatic heterocycles. The van der Waals surface area contributed by atoms with Crippen molar-refractivity contribution in [1.29, 1.82) is 0 Å². The smallest absolute Gasteiger partial charge is 0.324 e. The molecular weight excluding hydrogens is 291 g/mol. The first-order valence-electron chi connectivity index (χ1n) is 7.31. The van der Waals surface area contributed by atoms with E-state index in [9.17, 15) is 4.79 Å².